The Morgan fingerprint density at radius 1 is 1.29 bits per heavy atom. The van der Waals surface area contributed by atoms with Gasteiger partial charge in [0.15, 0.2) is 5.16 Å². The van der Waals surface area contributed by atoms with E-state index in [0.29, 0.717) is 35.4 Å². The smallest absolute Gasteiger partial charge is 0.338 e. The first-order chi connectivity index (χ1) is 11.6. The van der Waals surface area contributed by atoms with Crippen LogP contribution in [-0.2, 0) is 21.8 Å². The summed E-state index contributed by atoms with van der Waals surface area (Å²) in [7, 11) is 1.56. The van der Waals surface area contributed by atoms with Crippen LogP contribution in [0.25, 0.3) is 0 Å². The Morgan fingerprint density at radius 3 is 2.71 bits per heavy atom. The number of rotatable bonds is 8. The van der Waals surface area contributed by atoms with Gasteiger partial charge >= 0.3 is 5.97 Å². The van der Waals surface area contributed by atoms with E-state index < -0.39 is 0 Å². The molecule has 2 rings (SSSR count). The number of nitrogens with zero attached hydrogens (tertiary/aromatic N) is 1. The number of methoxy groups -OCH3 is 1. The molecule has 0 fully saturated rings. The summed E-state index contributed by atoms with van der Waals surface area (Å²) in [6.07, 6.45) is 0.799. The molecule has 128 valence electrons. The zero-order valence-corrected chi connectivity index (χ0v) is 14.5. The van der Waals surface area contributed by atoms with Crippen molar-refractivity contribution in [2.24, 2.45) is 0 Å². The summed E-state index contributed by atoms with van der Waals surface area (Å²) in [6, 6.07) is 8.64. The summed E-state index contributed by atoms with van der Waals surface area (Å²) in [5.74, 6) is 0.318. The van der Waals surface area contributed by atoms with Crippen molar-refractivity contribution >= 4 is 17.7 Å². The number of ether oxygens (including phenoxy) is 2. The van der Waals surface area contributed by atoms with E-state index in [9.17, 15) is 9.59 Å². The summed E-state index contributed by atoms with van der Waals surface area (Å²) in [5.41, 5.74) is 1.95. The third-order valence-electron chi connectivity index (χ3n) is 3.07. The highest BCUT2D eigenvalue weighted by Gasteiger charge is 2.07. The van der Waals surface area contributed by atoms with Gasteiger partial charge in [0.2, 0.25) is 0 Å². The maximum absolute atomic E-state index is 11.7. The molecule has 2 aromatic rings. The third kappa shape index (κ3) is 5.50. The predicted octanol–water partition coefficient (Wildman–Crippen LogP) is 2.78. The van der Waals surface area contributed by atoms with E-state index in [1.54, 1.807) is 19.2 Å². The highest BCUT2D eigenvalue weighted by molar-refractivity contribution is 7.98. The lowest BCUT2D eigenvalue weighted by atomic mass is 10.1. The monoisotopic (exact) mass is 348 g/mol. The van der Waals surface area contributed by atoms with Crippen molar-refractivity contribution in [3.05, 3.63) is 57.5 Å². The van der Waals surface area contributed by atoms with Gasteiger partial charge in [-0.3, -0.25) is 4.79 Å². The van der Waals surface area contributed by atoms with E-state index in [0.717, 1.165) is 12.0 Å². The molecule has 0 atom stereocenters. The molecule has 1 N–H and O–H groups in total. The van der Waals surface area contributed by atoms with Crippen LogP contribution in [0.5, 0.6) is 0 Å². The van der Waals surface area contributed by atoms with Gasteiger partial charge in [0.25, 0.3) is 5.56 Å². The Hall–Kier alpha value is -2.12. The Kier molecular flexibility index (Phi) is 7.02. The van der Waals surface area contributed by atoms with E-state index >= 15 is 0 Å². The van der Waals surface area contributed by atoms with Crippen LogP contribution in [0.15, 0.2) is 40.3 Å². The molecule has 0 aliphatic heterocycles. The number of esters is 1. The Morgan fingerprint density at radius 2 is 2.04 bits per heavy atom. The minimum absolute atomic E-state index is 0.200. The lowest BCUT2D eigenvalue weighted by molar-refractivity contribution is 0.0505. The van der Waals surface area contributed by atoms with Gasteiger partial charge in [-0.05, 0) is 24.1 Å². The molecule has 0 bridgehead atoms. The van der Waals surface area contributed by atoms with Gasteiger partial charge < -0.3 is 14.5 Å². The number of carbonyl (C=O) groups is 1. The van der Waals surface area contributed by atoms with Crippen molar-refractivity contribution in [2.75, 3.05) is 13.7 Å². The van der Waals surface area contributed by atoms with Crippen LogP contribution >= 0.6 is 11.8 Å². The first kappa shape index (κ1) is 18.2. The number of thioether (sulfide) groups is 1. The fraction of sp³-hybridized carbons (Fsp3) is 0.353. The number of nitrogens with one attached hydrogen (secondary N) is 1. The van der Waals surface area contributed by atoms with Crippen LogP contribution in [0.1, 0.15) is 35.0 Å². The zero-order valence-electron chi connectivity index (χ0n) is 13.7. The van der Waals surface area contributed by atoms with Crippen LogP contribution in [0.2, 0.25) is 0 Å². The van der Waals surface area contributed by atoms with Crippen molar-refractivity contribution in [1.82, 2.24) is 9.97 Å². The van der Waals surface area contributed by atoms with E-state index in [4.69, 9.17) is 9.47 Å². The van der Waals surface area contributed by atoms with Gasteiger partial charge in [0, 0.05) is 18.9 Å². The standard InChI is InChI=1S/C17H20N2O4S/c1-3-8-23-16(21)13-6-4-12(5-7-13)11-24-17-18-14(10-22-2)9-15(20)19-17/h4-7,9H,3,8,10-11H2,1-2H3,(H,18,19,20). The number of hydrogen-bond acceptors (Lipinski definition) is 6. The number of aromatic nitrogens is 2. The molecule has 0 radical (unpaired) electrons. The van der Waals surface area contributed by atoms with Crippen LogP contribution in [0, 0.1) is 0 Å². The van der Waals surface area contributed by atoms with E-state index in [-0.39, 0.29) is 11.5 Å². The molecule has 6 nitrogen and oxygen atoms in total. The molecule has 1 heterocycles. The summed E-state index contributed by atoms with van der Waals surface area (Å²) in [4.78, 5) is 30.4. The SMILES string of the molecule is CCCOC(=O)c1ccc(CSc2nc(COC)cc(=O)[nH]2)cc1. The quantitative estimate of drug-likeness (QED) is 0.449. The van der Waals surface area contributed by atoms with E-state index in [1.807, 2.05) is 19.1 Å². The van der Waals surface area contributed by atoms with E-state index in [2.05, 4.69) is 9.97 Å². The van der Waals surface area contributed by atoms with Gasteiger partial charge in [-0.1, -0.05) is 30.8 Å². The molecule has 0 unspecified atom stereocenters. The number of hydrogen-bond donors (Lipinski definition) is 1. The van der Waals surface area contributed by atoms with Crippen LogP contribution in [0.3, 0.4) is 0 Å². The van der Waals surface area contributed by atoms with Crippen molar-refractivity contribution in [3.63, 3.8) is 0 Å². The third-order valence-corrected chi connectivity index (χ3v) is 4.01. The molecule has 1 aromatic heterocycles. The number of carbonyl (C=O) groups excluding carboxylic acids is 1. The Balaban J connectivity index is 1.97. The molecule has 0 saturated carbocycles. The Bertz CT molecular complexity index is 728. The maximum atomic E-state index is 11.7. The van der Waals surface area contributed by atoms with E-state index in [1.165, 1.54) is 17.8 Å². The second-order valence-electron chi connectivity index (χ2n) is 5.10. The number of aromatic amines is 1. The molecule has 0 amide bonds. The van der Waals surface area contributed by atoms with Gasteiger partial charge in [0.1, 0.15) is 0 Å². The average molecular weight is 348 g/mol. The van der Waals surface area contributed by atoms with Gasteiger partial charge in [-0.15, -0.1) is 0 Å². The second-order valence-corrected chi connectivity index (χ2v) is 6.06. The summed E-state index contributed by atoms with van der Waals surface area (Å²) in [5, 5.41) is 0.543. The topological polar surface area (TPSA) is 81.3 Å². The lowest BCUT2D eigenvalue weighted by Gasteiger charge is -2.06. The van der Waals surface area contributed by atoms with Gasteiger partial charge in [-0.2, -0.15) is 0 Å². The van der Waals surface area contributed by atoms with Crippen molar-refractivity contribution in [1.29, 1.82) is 0 Å². The normalized spacial score (nSPS) is 10.6. The highest BCUT2D eigenvalue weighted by Crippen LogP contribution is 2.19. The fourth-order valence-corrected chi connectivity index (χ4v) is 2.79. The van der Waals surface area contributed by atoms with Crippen molar-refractivity contribution in [2.45, 2.75) is 30.9 Å². The van der Waals surface area contributed by atoms with Crippen LogP contribution < -0.4 is 5.56 Å². The fourth-order valence-electron chi connectivity index (χ4n) is 1.94. The molecule has 0 saturated heterocycles. The average Bonchev–Trinajstić information content (AvgIpc) is 2.58. The maximum Gasteiger partial charge on any atom is 0.338 e. The molecule has 0 aliphatic rings. The summed E-state index contributed by atoms with van der Waals surface area (Å²) in [6.45, 7) is 2.67. The van der Waals surface area contributed by atoms with Crippen molar-refractivity contribution in [3.8, 4) is 0 Å². The second kappa shape index (κ2) is 9.24. The van der Waals surface area contributed by atoms with Crippen molar-refractivity contribution < 1.29 is 14.3 Å². The van der Waals surface area contributed by atoms with Crippen LogP contribution in [0.4, 0.5) is 0 Å². The molecular weight excluding hydrogens is 328 g/mol. The summed E-state index contributed by atoms with van der Waals surface area (Å²) < 4.78 is 10.1. The minimum atomic E-state index is -0.311. The zero-order chi connectivity index (χ0) is 17.4. The summed E-state index contributed by atoms with van der Waals surface area (Å²) >= 11 is 1.42. The minimum Gasteiger partial charge on any atom is -0.462 e. The molecule has 0 spiro atoms. The van der Waals surface area contributed by atoms with Gasteiger partial charge in [-0.25, -0.2) is 9.78 Å². The highest BCUT2D eigenvalue weighted by atomic mass is 32.2. The Labute approximate surface area is 144 Å². The van der Waals surface area contributed by atoms with Gasteiger partial charge in [0.05, 0.1) is 24.5 Å². The predicted molar refractivity (Wildman–Crippen MR) is 92.1 cm³/mol. The molecule has 0 aliphatic carbocycles. The first-order valence-corrected chi connectivity index (χ1v) is 8.59. The number of H-pyrrole nitrogens is 1. The number of benzene rings is 1. The largest absolute Gasteiger partial charge is 0.462 e. The molecular formula is C17H20N2O4S. The first-order valence-electron chi connectivity index (χ1n) is 7.60. The lowest BCUT2D eigenvalue weighted by Crippen LogP contribution is -2.10. The molecule has 24 heavy (non-hydrogen) atoms. The molecule has 1 aromatic carbocycles. The van der Waals surface area contributed by atoms with Crippen LogP contribution in [-0.4, -0.2) is 29.7 Å². The molecule has 7 heteroatoms.